The van der Waals surface area contributed by atoms with Crippen LogP contribution in [0.4, 0.5) is 0 Å². The molecule has 22 heavy (non-hydrogen) atoms. The highest BCUT2D eigenvalue weighted by molar-refractivity contribution is 9.11. The second-order valence-corrected chi connectivity index (χ2v) is 6.63. The van der Waals surface area contributed by atoms with Crippen LogP contribution in [0.2, 0.25) is 0 Å². The normalized spacial score (nSPS) is 14.5. The Morgan fingerprint density at radius 3 is 2.45 bits per heavy atom. The van der Waals surface area contributed by atoms with Gasteiger partial charge in [0.2, 0.25) is 0 Å². The van der Waals surface area contributed by atoms with Gasteiger partial charge in [-0.15, -0.1) is 0 Å². The summed E-state index contributed by atoms with van der Waals surface area (Å²) < 4.78 is 7.23. The Morgan fingerprint density at radius 1 is 1.23 bits per heavy atom. The van der Waals surface area contributed by atoms with Crippen LogP contribution >= 0.6 is 44.1 Å². The Labute approximate surface area is 149 Å². The number of carbonyl (C=O) groups excluding carboxylic acids is 2. The van der Waals surface area contributed by atoms with Gasteiger partial charge in [-0.3, -0.25) is 20.2 Å². The van der Waals surface area contributed by atoms with Gasteiger partial charge in [0.05, 0.1) is 11.1 Å². The number of amides is 2. The van der Waals surface area contributed by atoms with E-state index in [1.807, 2.05) is 13.0 Å². The summed E-state index contributed by atoms with van der Waals surface area (Å²) in [5, 5.41) is 4.80. The number of ether oxygens (including phenoxy) is 1. The second kappa shape index (κ2) is 7.34. The van der Waals surface area contributed by atoms with Crippen LogP contribution in [0.5, 0.6) is 5.75 Å². The predicted octanol–water partition coefficient (Wildman–Crippen LogP) is 2.91. The molecule has 0 saturated carbocycles. The number of carbonyl (C=O) groups is 2. The molecule has 2 rings (SSSR count). The summed E-state index contributed by atoms with van der Waals surface area (Å²) in [6.45, 7) is 2.52. The highest BCUT2D eigenvalue weighted by Crippen LogP contribution is 2.34. The molecule has 0 aliphatic carbocycles. The Kier molecular flexibility index (Phi) is 5.71. The lowest BCUT2D eigenvalue weighted by molar-refractivity contribution is -0.123. The van der Waals surface area contributed by atoms with Gasteiger partial charge in [0.15, 0.2) is 5.11 Å². The minimum atomic E-state index is -0.536. The molecule has 1 fully saturated rings. The van der Waals surface area contributed by atoms with E-state index in [1.165, 1.54) is 6.08 Å². The van der Waals surface area contributed by atoms with E-state index in [-0.39, 0.29) is 10.7 Å². The van der Waals surface area contributed by atoms with Crippen LogP contribution in [0, 0.1) is 0 Å². The van der Waals surface area contributed by atoms with E-state index in [4.69, 9.17) is 17.0 Å². The van der Waals surface area contributed by atoms with Crippen molar-refractivity contribution < 1.29 is 14.3 Å². The molecule has 2 amide bonds. The summed E-state index contributed by atoms with van der Waals surface area (Å²) in [7, 11) is 0. The molecule has 1 aliphatic rings. The lowest BCUT2D eigenvalue weighted by Gasteiger charge is -2.17. The highest BCUT2D eigenvalue weighted by Gasteiger charge is 2.26. The largest absolute Gasteiger partial charge is 0.492 e. The fourth-order valence-electron chi connectivity index (χ4n) is 1.81. The van der Waals surface area contributed by atoms with Crippen LogP contribution in [-0.2, 0) is 9.59 Å². The first-order valence-electron chi connectivity index (χ1n) is 6.42. The van der Waals surface area contributed by atoms with Crippen molar-refractivity contribution in [3.8, 4) is 5.75 Å². The Morgan fingerprint density at radius 2 is 1.86 bits per heavy atom. The number of hydrogen-bond acceptors (Lipinski definition) is 4. The van der Waals surface area contributed by atoms with E-state index in [0.29, 0.717) is 17.9 Å². The standard InChI is InChI=1S/C14H12Br2N2O3S/c1-2-3-21-11-7(4-8(15)6-10(11)16)5-9-12(19)17-14(22)18-13(9)20/h4-6H,2-3H2,1H3,(H2,17,18,19,20,22). The fraction of sp³-hybridized carbons (Fsp3) is 0.214. The van der Waals surface area contributed by atoms with E-state index in [2.05, 4.69) is 42.5 Å². The first kappa shape index (κ1) is 17.1. The topological polar surface area (TPSA) is 67.4 Å². The van der Waals surface area contributed by atoms with E-state index < -0.39 is 11.8 Å². The molecule has 0 aromatic heterocycles. The summed E-state index contributed by atoms with van der Waals surface area (Å²) in [5.41, 5.74) is 0.586. The van der Waals surface area contributed by atoms with Crippen LogP contribution in [0.1, 0.15) is 18.9 Å². The second-order valence-electron chi connectivity index (χ2n) is 4.45. The van der Waals surface area contributed by atoms with Crippen molar-refractivity contribution in [3.63, 3.8) is 0 Å². The van der Waals surface area contributed by atoms with Crippen LogP contribution in [-0.4, -0.2) is 23.5 Å². The minimum Gasteiger partial charge on any atom is -0.492 e. The van der Waals surface area contributed by atoms with Gasteiger partial charge >= 0.3 is 0 Å². The molecule has 0 unspecified atom stereocenters. The molecule has 0 spiro atoms. The number of nitrogens with one attached hydrogen (secondary N) is 2. The molecule has 2 N–H and O–H groups in total. The highest BCUT2D eigenvalue weighted by atomic mass is 79.9. The Hall–Kier alpha value is -1.25. The van der Waals surface area contributed by atoms with Crippen molar-refractivity contribution in [1.82, 2.24) is 10.6 Å². The van der Waals surface area contributed by atoms with Gasteiger partial charge < -0.3 is 4.74 Å². The molecule has 1 aromatic carbocycles. The smallest absolute Gasteiger partial charge is 0.263 e. The van der Waals surface area contributed by atoms with Crippen molar-refractivity contribution >= 4 is 67.1 Å². The average molecular weight is 448 g/mol. The molecule has 0 radical (unpaired) electrons. The summed E-state index contributed by atoms with van der Waals surface area (Å²) in [6.07, 6.45) is 2.32. The molecular formula is C14H12Br2N2O3S. The molecule has 1 heterocycles. The number of halogens is 2. The lowest BCUT2D eigenvalue weighted by atomic mass is 10.1. The summed E-state index contributed by atoms with van der Waals surface area (Å²) in [5.74, 6) is -0.496. The molecule has 1 aromatic rings. The molecule has 1 saturated heterocycles. The van der Waals surface area contributed by atoms with Crippen LogP contribution in [0.15, 0.2) is 26.7 Å². The van der Waals surface area contributed by atoms with Gasteiger partial charge in [-0.05, 0) is 52.8 Å². The van der Waals surface area contributed by atoms with Crippen molar-refractivity contribution in [2.24, 2.45) is 0 Å². The molecule has 1 aliphatic heterocycles. The van der Waals surface area contributed by atoms with Gasteiger partial charge in [-0.25, -0.2) is 0 Å². The van der Waals surface area contributed by atoms with Crippen molar-refractivity contribution in [1.29, 1.82) is 0 Å². The molecule has 8 heteroatoms. The maximum atomic E-state index is 11.9. The average Bonchev–Trinajstić information content (AvgIpc) is 2.41. The van der Waals surface area contributed by atoms with Gasteiger partial charge in [-0.1, -0.05) is 22.9 Å². The molecule has 5 nitrogen and oxygen atoms in total. The van der Waals surface area contributed by atoms with Gasteiger partial charge in [-0.2, -0.15) is 0 Å². The zero-order valence-corrected chi connectivity index (χ0v) is 15.5. The predicted molar refractivity (Wildman–Crippen MR) is 94.5 cm³/mol. The van der Waals surface area contributed by atoms with E-state index in [9.17, 15) is 9.59 Å². The number of benzene rings is 1. The maximum Gasteiger partial charge on any atom is 0.263 e. The number of thiocarbonyl (C=S) groups is 1. The maximum absolute atomic E-state index is 11.9. The number of rotatable bonds is 4. The van der Waals surface area contributed by atoms with Crippen molar-refractivity contribution in [2.75, 3.05) is 6.61 Å². The summed E-state index contributed by atoms with van der Waals surface area (Å²) in [4.78, 5) is 23.8. The summed E-state index contributed by atoms with van der Waals surface area (Å²) in [6, 6.07) is 3.61. The molecule has 116 valence electrons. The van der Waals surface area contributed by atoms with Gasteiger partial charge in [0.25, 0.3) is 11.8 Å². The number of hydrogen-bond donors (Lipinski definition) is 2. The Balaban J connectivity index is 2.47. The first-order chi connectivity index (χ1) is 10.4. The zero-order valence-electron chi connectivity index (χ0n) is 11.5. The zero-order chi connectivity index (χ0) is 16.3. The first-order valence-corrected chi connectivity index (χ1v) is 8.42. The van der Waals surface area contributed by atoms with E-state index >= 15 is 0 Å². The van der Waals surface area contributed by atoms with E-state index in [0.717, 1.165) is 15.4 Å². The van der Waals surface area contributed by atoms with Gasteiger partial charge in [0, 0.05) is 10.0 Å². The third-order valence-electron chi connectivity index (χ3n) is 2.73. The third-order valence-corrected chi connectivity index (χ3v) is 3.98. The molecular weight excluding hydrogens is 436 g/mol. The van der Waals surface area contributed by atoms with Crippen LogP contribution < -0.4 is 15.4 Å². The molecule has 0 bridgehead atoms. The van der Waals surface area contributed by atoms with Crippen LogP contribution in [0.25, 0.3) is 6.08 Å². The summed E-state index contributed by atoms with van der Waals surface area (Å²) >= 11 is 11.6. The third kappa shape index (κ3) is 3.93. The SMILES string of the molecule is CCCOc1c(Br)cc(Br)cc1C=C1C(=O)NC(=S)NC1=O. The minimum absolute atomic E-state index is 0.00466. The van der Waals surface area contributed by atoms with Gasteiger partial charge in [0.1, 0.15) is 11.3 Å². The van der Waals surface area contributed by atoms with Crippen molar-refractivity contribution in [2.45, 2.75) is 13.3 Å². The molecule has 0 atom stereocenters. The monoisotopic (exact) mass is 446 g/mol. The lowest BCUT2D eigenvalue weighted by Crippen LogP contribution is -2.51. The fourth-order valence-corrected chi connectivity index (χ4v) is 3.36. The van der Waals surface area contributed by atoms with Crippen LogP contribution in [0.3, 0.4) is 0 Å². The van der Waals surface area contributed by atoms with E-state index in [1.54, 1.807) is 6.07 Å². The Bertz CT molecular complexity index is 667. The quantitative estimate of drug-likeness (QED) is 0.423. The van der Waals surface area contributed by atoms with Crippen molar-refractivity contribution in [3.05, 3.63) is 32.2 Å².